The van der Waals surface area contributed by atoms with Gasteiger partial charge >= 0.3 is 0 Å². The van der Waals surface area contributed by atoms with E-state index in [1.54, 1.807) is 5.56 Å². The minimum atomic E-state index is 0.665. The van der Waals surface area contributed by atoms with Gasteiger partial charge in [0, 0.05) is 6.04 Å². The zero-order chi connectivity index (χ0) is 12.3. The number of aryl methyl sites for hydroxylation is 2. The lowest BCUT2D eigenvalue weighted by molar-refractivity contribution is 0.438. The van der Waals surface area contributed by atoms with Gasteiger partial charge in [0.2, 0.25) is 0 Å². The first-order valence-electron chi connectivity index (χ1n) is 6.97. The highest BCUT2D eigenvalue weighted by Gasteiger charge is 2.24. The molecule has 1 aromatic rings. The summed E-state index contributed by atoms with van der Waals surface area (Å²) >= 11 is 0. The number of likely N-dealkylation sites (N-methyl/N-ethyl adjacent to an activating group) is 1. The topological polar surface area (TPSA) is 12.0 Å². The number of benzene rings is 1. The van der Waals surface area contributed by atoms with Crippen LogP contribution >= 0.6 is 0 Å². The molecule has 2 atom stereocenters. The Morgan fingerprint density at radius 2 is 1.82 bits per heavy atom. The SMILES string of the molecule is CNC1CCCCCC1c1cc(C)ccc1C. The highest BCUT2D eigenvalue weighted by molar-refractivity contribution is 5.34. The molecule has 2 rings (SSSR count). The van der Waals surface area contributed by atoms with E-state index in [4.69, 9.17) is 0 Å². The number of hydrogen-bond acceptors (Lipinski definition) is 1. The van der Waals surface area contributed by atoms with E-state index in [9.17, 15) is 0 Å². The fourth-order valence-electron chi connectivity index (χ4n) is 3.18. The van der Waals surface area contributed by atoms with Crippen LogP contribution < -0.4 is 5.32 Å². The van der Waals surface area contributed by atoms with E-state index < -0.39 is 0 Å². The Balaban J connectivity index is 2.31. The lowest BCUT2D eigenvalue weighted by atomic mass is 9.84. The van der Waals surface area contributed by atoms with Crippen molar-refractivity contribution in [3.63, 3.8) is 0 Å². The van der Waals surface area contributed by atoms with Crippen LogP contribution in [-0.4, -0.2) is 13.1 Å². The highest BCUT2D eigenvalue weighted by atomic mass is 14.9. The maximum absolute atomic E-state index is 3.54. The lowest BCUT2D eigenvalue weighted by Crippen LogP contribution is -2.31. The van der Waals surface area contributed by atoms with Gasteiger partial charge in [-0.3, -0.25) is 0 Å². The van der Waals surface area contributed by atoms with Crippen molar-refractivity contribution < 1.29 is 0 Å². The van der Waals surface area contributed by atoms with Crippen LogP contribution in [-0.2, 0) is 0 Å². The molecule has 1 aliphatic carbocycles. The second-order valence-electron chi connectivity index (χ2n) is 5.50. The first-order valence-corrected chi connectivity index (χ1v) is 6.97. The molecule has 94 valence electrons. The van der Waals surface area contributed by atoms with Gasteiger partial charge < -0.3 is 5.32 Å². The molecule has 0 aliphatic heterocycles. The Morgan fingerprint density at radius 1 is 1.06 bits per heavy atom. The normalized spacial score (nSPS) is 25.6. The van der Waals surface area contributed by atoms with E-state index in [-0.39, 0.29) is 0 Å². The van der Waals surface area contributed by atoms with E-state index in [1.165, 1.54) is 43.2 Å². The lowest BCUT2D eigenvalue weighted by Gasteiger charge is -2.27. The smallest absolute Gasteiger partial charge is 0.0133 e. The predicted octanol–water partition coefficient (Wildman–Crippen LogP) is 3.94. The highest BCUT2D eigenvalue weighted by Crippen LogP contribution is 2.34. The van der Waals surface area contributed by atoms with Gasteiger partial charge in [-0.25, -0.2) is 0 Å². The molecule has 0 aromatic heterocycles. The quantitative estimate of drug-likeness (QED) is 0.760. The number of hydrogen-bond donors (Lipinski definition) is 1. The molecule has 0 radical (unpaired) electrons. The summed E-state index contributed by atoms with van der Waals surface area (Å²) in [7, 11) is 2.12. The van der Waals surface area contributed by atoms with Crippen LogP contribution in [0.25, 0.3) is 0 Å². The monoisotopic (exact) mass is 231 g/mol. The van der Waals surface area contributed by atoms with Gasteiger partial charge in [-0.15, -0.1) is 0 Å². The second-order valence-corrected chi connectivity index (χ2v) is 5.50. The summed E-state index contributed by atoms with van der Waals surface area (Å²) in [6.45, 7) is 4.46. The number of nitrogens with one attached hydrogen (secondary N) is 1. The Hall–Kier alpha value is -0.820. The second kappa shape index (κ2) is 5.68. The van der Waals surface area contributed by atoms with Gasteiger partial charge in [0.25, 0.3) is 0 Å². The van der Waals surface area contributed by atoms with Crippen LogP contribution in [0.4, 0.5) is 0 Å². The zero-order valence-corrected chi connectivity index (χ0v) is 11.4. The van der Waals surface area contributed by atoms with Crippen LogP contribution in [0.15, 0.2) is 18.2 Å². The predicted molar refractivity (Wildman–Crippen MR) is 74.6 cm³/mol. The van der Waals surface area contributed by atoms with Crippen LogP contribution in [0.2, 0.25) is 0 Å². The maximum atomic E-state index is 3.54. The van der Waals surface area contributed by atoms with Gasteiger partial charge in [0.15, 0.2) is 0 Å². The molecule has 0 amide bonds. The molecule has 1 nitrogen and oxygen atoms in total. The van der Waals surface area contributed by atoms with Gasteiger partial charge in [-0.05, 0) is 50.8 Å². The number of rotatable bonds is 2. The van der Waals surface area contributed by atoms with Crippen molar-refractivity contribution in [1.82, 2.24) is 5.32 Å². The van der Waals surface area contributed by atoms with Crippen LogP contribution in [0.3, 0.4) is 0 Å². The fourth-order valence-corrected chi connectivity index (χ4v) is 3.18. The molecule has 0 spiro atoms. The first kappa shape index (κ1) is 12.6. The van der Waals surface area contributed by atoms with Crippen molar-refractivity contribution in [3.8, 4) is 0 Å². The van der Waals surface area contributed by atoms with Gasteiger partial charge in [0.1, 0.15) is 0 Å². The van der Waals surface area contributed by atoms with E-state index in [2.05, 4.69) is 44.4 Å². The third-order valence-electron chi connectivity index (χ3n) is 4.22. The average Bonchev–Trinajstić information content (AvgIpc) is 2.57. The van der Waals surface area contributed by atoms with Crippen molar-refractivity contribution in [1.29, 1.82) is 0 Å². The van der Waals surface area contributed by atoms with E-state index in [0.717, 1.165) is 0 Å². The Morgan fingerprint density at radius 3 is 2.59 bits per heavy atom. The summed E-state index contributed by atoms with van der Waals surface area (Å²) < 4.78 is 0. The molecule has 17 heavy (non-hydrogen) atoms. The third-order valence-corrected chi connectivity index (χ3v) is 4.22. The average molecular weight is 231 g/mol. The standard InChI is InChI=1S/C16H25N/c1-12-9-10-13(2)15(11-12)14-7-5-4-6-8-16(14)17-3/h9-11,14,16-17H,4-8H2,1-3H3. The van der Waals surface area contributed by atoms with Gasteiger partial charge in [-0.1, -0.05) is 43.0 Å². The largest absolute Gasteiger partial charge is 0.316 e. The fraction of sp³-hybridized carbons (Fsp3) is 0.625. The summed E-state index contributed by atoms with van der Waals surface area (Å²) in [4.78, 5) is 0. The third kappa shape index (κ3) is 2.90. The van der Waals surface area contributed by atoms with Crippen LogP contribution in [0.5, 0.6) is 0 Å². The summed E-state index contributed by atoms with van der Waals surface area (Å²) in [5.74, 6) is 0.711. The molecule has 0 saturated heterocycles. The van der Waals surface area contributed by atoms with E-state index in [0.29, 0.717) is 12.0 Å². The Bertz CT molecular complexity index is 370. The maximum Gasteiger partial charge on any atom is 0.0133 e. The Kier molecular flexibility index (Phi) is 4.22. The molecule has 0 bridgehead atoms. The van der Waals surface area contributed by atoms with E-state index >= 15 is 0 Å². The van der Waals surface area contributed by atoms with Crippen molar-refractivity contribution in [2.24, 2.45) is 0 Å². The summed E-state index contributed by atoms with van der Waals surface area (Å²) in [5, 5.41) is 3.54. The van der Waals surface area contributed by atoms with E-state index in [1.807, 2.05) is 0 Å². The molecule has 1 aliphatic rings. The molecule has 1 heteroatoms. The molecule has 1 N–H and O–H groups in total. The summed E-state index contributed by atoms with van der Waals surface area (Å²) in [6, 6.07) is 7.57. The van der Waals surface area contributed by atoms with Crippen molar-refractivity contribution >= 4 is 0 Å². The molecule has 2 unspecified atom stereocenters. The molecule has 1 saturated carbocycles. The first-order chi connectivity index (χ1) is 8.22. The van der Waals surface area contributed by atoms with Gasteiger partial charge in [-0.2, -0.15) is 0 Å². The summed E-state index contributed by atoms with van der Waals surface area (Å²) in [5.41, 5.74) is 4.43. The molecule has 1 fully saturated rings. The Labute approximate surface area is 106 Å². The van der Waals surface area contributed by atoms with Crippen molar-refractivity contribution in [2.75, 3.05) is 7.05 Å². The van der Waals surface area contributed by atoms with Crippen LogP contribution in [0.1, 0.15) is 54.7 Å². The van der Waals surface area contributed by atoms with Crippen LogP contribution in [0, 0.1) is 13.8 Å². The minimum absolute atomic E-state index is 0.665. The molecular weight excluding hydrogens is 206 g/mol. The van der Waals surface area contributed by atoms with Crippen molar-refractivity contribution in [3.05, 3.63) is 34.9 Å². The van der Waals surface area contributed by atoms with Gasteiger partial charge in [0.05, 0.1) is 0 Å². The van der Waals surface area contributed by atoms with Crippen molar-refractivity contribution in [2.45, 2.75) is 57.9 Å². The minimum Gasteiger partial charge on any atom is -0.316 e. The molecular formula is C16H25N. The zero-order valence-electron chi connectivity index (χ0n) is 11.4. The summed E-state index contributed by atoms with van der Waals surface area (Å²) in [6.07, 6.45) is 6.84. The molecule has 1 aromatic carbocycles. The molecule has 0 heterocycles.